The van der Waals surface area contributed by atoms with E-state index in [1.54, 1.807) is 0 Å². The molecule has 0 aromatic heterocycles. The molecule has 0 amide bonds. The normalized spacial score (nSPS) is 11.7. The SMILES string of the molecule is COC(=O)/C=C/C(=O)OCOC(=O)[C@@H](N)CC(=O)O. The predicted octanol–water partition coefficient (Wildman–Crippen LogP) is -1.44. The minimum absolute atomic E-state index is 0.602. The molecule has 0 rings (SSSR count). The zero-order chi connectivity index (χ0) is 14.8. The van der Waals surface area contributed by atoms with Gasteiger partial charge >= 0.3 is 23.9 Å². The molecule has 0 bridgehead atoms. The fourth-order valence-electron chi connectivity index (χ4n) is 0.776. The molecule has 0 aromatic rings. The standard InChI is InChI=1S/C10H13NO8/c1-17-8(14)2-3-9(15)18-5-19-10(16)6(11)4-7(12)13/h2-3,6H,4-5,11H2,1H3,(H,12,13)/b3-2+/t6-/m0/s1. The molecule has 0 saturated heterocycles. The molecule has 0 heterocycles. The van der Waals surface area contributed by atoms with Crippen LogP contribution in [0.1, 0.15) is 6.42 Å². The van der Waals surface area contributed by atoms with E-state index in [-0.39, 0.29) is 0 Å². The smallest absolute Gasteiger partial charge is 0.333 e. The van der Waals surface area contributed by atoms with Gasteiger partial charge in [0.2, 0.25) is 6.79 Å². The van der Waals surface area contributed by atoms with E-state index in [9.17, 15) is 19.2 Å². The van der Waals surface area contributed by atoms with Gasteiger partial charge in [0.05, 0.1) is 13.5 Å². The summed E-state index contributed by atoms with van der Waals surface area (Å²) in [4.78, 5) is 42.9. The maximum Gasteiger partial charge on any atom is 0.333 e. The van der Waals surface area contributed by atoms with Crippen LogP contribution in [-0.4, -0.2) is 48.9 Å². The van der Waals surface area contributed by atoms with Crippen molar-refractivity contribution in [3.63, 3.8) is 0 Å². The lowest BCUT2D eigenvalue weighted by Gasteiger charge is -2.08. The Labute approximate surface area is 107 Å². The van der Waals surface area contributed by atoms with Crippen LogP contribution in [0.2, 0.25) is 0 Å². The number of hydrogen-bond donors (Lipinski definition) is 2. The topological polar surface area (TPSA) is 142 Å². The fraction of sp³-hybridized carbons (Fsp3) is 0.400. The molecule has 0 saturated carbocycles. The van der Waals surface area contributed by atoms with E-state index in [4.69, 9.17) is 10.8 Å². The number of rotatable bonds is 7. The van der Waals surface area contributed by atoms with Crippen molar-refractivity contribution >= 4 is 23.9 Å². The first kappa shape index (κ1) is 16.6. The summed E-state index contributed by atoms with van der Waals surface area (Å²) >= 11 is 0. The quantitative estimate of drug-likeness (QED) is 0.324. The molecule has 0 unspecified atom stereocenters. The summed E-state index contributed by atoms with van der Waals surface area (Å²) in [6.45, 7) is -0.740. The third kappa shape index (κ3) is 8.32. The van der Waals surface area contributed by atoms with Gasteiger partial charge in [-0.15, -0.1) is 0 Å². The van der Waals surface area contributed by atoms with Gasteiger partial charge in [-0.1, -0.05) is 0 Å². The highest BCUT2D eigenvalue weighted by atomic mass is 16.7. The first-order chi connectivity index (χ1) is 8.86. The molecule has 0 aliphatic carbocycles. The van der Waals surface area contributed by atoms with E-state index in [1.165, 1.54) is 0 Å². The number of nitrogens with two attached hydrogens (primary N) is 1. The summed E-state index contributed by atoms with van der Waals surface area (Å²) in [5.41, 5.74) is 5.18. The second kappa shape index (κ2) is 8.64. The summed E-state index contributed by atoms with van der Waals surface area (Å²) in [6, 6.07) is -1.35. The first-order valence-electron chi connectivity index (χ1n) is 4.93. The summed E-state index contributed by atoms with van der Waals surface area (Å²) in [6.07, 6.45) is 0.992. The Hall–Kier alpha value is -2.42. The van der Waals surface area contributed by atoms with Crippen LogP contribution >= 0.6 is 0 Å². The molecule has 0 aliphatic rings. The fourth-order valence-corrected chi connectivity index (χ4v) is 0.776. The van der Waals surface area contributed by atoms with Crippen LogP contribution in [0.25, 0.3) is 0 Å². The van der Waals surface area contributed by atoms with Crippen LogP contribution in [0.3, 0.4) is 0 Å². The molecule has 0 aliphatic heterocycles. The Balaban J connectivity index is 3.93. The van der Waals surface area contributed by atoms with Crippen LogP contribution in [-0.2, 0) is 33.4 Å². The second-order valence-corrected chi connectivity index (χ2v) is 3.11. The molecule has 106 valence electrons. The van der Waals surface area contributed by atoms with Crippen LogP contribution in [0.4, 0.5) is 0 Å². The van der Waals surface area contributed by atoms with Crippen LogP contribution in [0.5, 0.6) is 0 Å². The maximum atomic E-state index is 11.1. The molecule has 19 heavy (non-hydrogen) atoms. The van der Waals surface area contributed by atoms with E-state index >= 15 is 0 Å². The molecule has 0 spiro atoms. The average Bonchev–Trinajstić information content (AvgIpc) is 2.34. The maximum absolute atomic E-state index is 11.1. The lowest BCUT2D eigenvalue weighted by Crippen LogP contribution is -2.35. The molecule has 3 N–H and O–H groups in total. The van der Waals surface area contributed by atoms with E-state index in [2.05, 4.69) is 14.2 Å². The Morgan fingerprint density at radius 3 is 2.26 bits per heavy atom. The monoisotopic (exact) mass is 275 g/mol. The first-order valence-corrected chi connectivity index (χ1v) is 4.93. The van der Waals surface area contributed by atoms with Gasteiger partial charge in [0, 0.05) is 12.2 Å². The number of esters is 3. The highest BCUT2D eigenvalue weighted by Crippen LogP contribution is 1.93. The van der Waals surface area contributed by atoms with Crippen LogP contribution < -0.4 is 5.73 Å². The number of carboxylic acids is 1. The molecule has 0 radical (unpaired) electrons. The molecule has 0 aromatic carbocycles. The Kier molecular flexibility index (Phi) is 7.54. The van der Waals surface area contributed by atoms with Gasteiger partial charge in [-0.2, -0.15) is 0 Å². The van der Waals surface area contributed by atoms with Crippen molar-refractivity contribution in [1.29, 1.82) is 0 Å². The van der Waals surface area contributed by atoms with Crippen molar-refractivity contribution < 1.29 is 38.5 Å². The van der Waals surface area contributed by atoms with E-state index in [0.717, 1.165) is 19.3 Å². The Morgan fingerprint density at radius 2 is 1.74 bits per heavy atom. The zero-order valence-electron chi connectivity index (χ0n) is 10.0. The lowest BCUT2D eigenvalue weighted by molar-refractivity contribution is -0.166. The molecule has 0 fully saturated rings. The lowest BCUT2D eigenvalue weighted by atomic mass is 10.2. The van der Waals surface area contributed by atoms with Crippen molar-refractivity contribution in [3.8, 4) is 0 Å². The van der Waals surface area contributed by atoms with Crippen molar-refractivity contribution in [2.24, 2.45) is 5.73 Å². The Morgan fingerprint density at radius 1 is 1.16 bits per heavy atom. The largest absolute Gasteiger partial charge is 0.481 e. The molecule has 1 atom stereocenters. The highest BCUT2D eigenvalue weighted by molar-refractivity contribution is 5.91. The number of carboxylic acid groups (broad SMARTS) is 1. The summed E-state index contributed by atoms with van der Waals surface area (Å²) < 4.78 is 13.0. The predicted molar refractivity (Wildman–Crippen MR) is 58.4 cm³/mol. The number of aliphatic carboxylic acids is 1. The Bertz CT molecular complexity index is 389. The van der Waals surface area contributed by atoms with Crippen molar-refractivity contribution in [3.05, 3.63) is 12.2 Å². The minimum atomic E-state index is -1.35. The number of methoxy groups -OCH3 is 1. The van der Waals surface area contributed by atoms with Crippen LogP contribution in [0.15, 0.2) is 12.2 Å². The number of hydrogen-bond acceptors (Lipinski definition) is 8. The van der Waals surface area contributed by atoms with E-state index in [0.29, 0.717) is 0 Å². The van der Waals surface area contributed by atoms with E-state index < -0.39 is 43.1 Å². The summed E-state index contributed by atoms with van der Waals surface area (Å²) in [5, 5.41) is 8.37. The van der Waals surface area contributed by atoms with Crippen molar-refractivity contribution in [1.82, 2.24) is 0 Å². The van der Waals surface area contributed by atoms with Gasteiger partial charge in [0.1, 0.15) is 6.04 Å². The van der Waals surface area contributed by atoms with Crippen molar-refractivity contribution in [2.45, 2.75) is 12.5 Å². The van der Waals surface area contributed by atoms with Gasteiger partial charge in [-0.25, -0.2) is 9.59 Å². The highest BCUT2D eigenvalue weighted by Gasteiger charge is 2.18. The van der Waals surface area contributed by atoms with E-state index in [1.807, 2.05) is 0 Å². The molecule has 9 heteroatoms. The van der Waals surface area contributed by atoms with Gasteiger partial charge in [0.15, 0.2) is 0 Å². The molecule has 9 nitrogen and oxygen atoms in total. The van der Waals surface area contributed by atoms with Gasteiger partial charge in [-0.3, -0.25) is 9.59 Å². The number of ether oxygens (including phenoxy) is 3. The summed E-state index contributed by atoms with van der Waals surface area (Å²) in [7, 11) is 1.13. The third-order valence-electron chi connectivity index (χ3n) is 1.66. The van der Waals surface area contributed by atoms with Gasteiger partial charge in [0.25, 0.3) is 0 Å². The second-order valence-electron chi connectivity index (χ2n) is 3.11. The average molecular weight is 275 g/mol. The summed E-state index contributed by atoms with van der Waals surface area (Å²) in [5.74, 6) is -3.97. The zero-order valence-corrected chi connectivity index (χ0v) is 10.0. The van der Waals surface area contributed by atoms with Crippen LogP contribution in [0, 0.1) is 0 Å². The third-order valence-corrected chi connectivity index (χ3v) is 1.66. The van der Waals surface area contributed by atoms with Gasteiger partial charge in [-0.05, 0) is 0 Å². The molecular weight excluding hydrogens is 262 g/mol. The van der Waals surface area contributed by atoms with Gasteiger partial charge < -0.3 is 25.1 Å². The number of carbonyl (C=O) groups is 4. The number of carbonyl (C=O) groups excluding carboxylic acids is 3. The molecular formula is C10H13NO8. The van der Waals surface area contributed by atoms with Crippen molar-refractivity contribution in [2.75, 3.05) is 13.9 Å². The minimum Gasteiger partial charge on any atom is -0.481 e.